The van der Waals surface area contributed by atoms with E-state index in [1.807, 2.05) is 0 Å². The Balaban J connectivity index is 2.11. The maximum absolute atomic E-state index is 12.0. The molecule has 6 nitrogen and oxygen atoms in total. The van der Waals surface area contributed by atoms with Crippen LogP contribution >= 0.6 is 23.4 Å². The number of carbonyl (C=O) groups is 2. The van der Waals surface area contributed by atoms with Crippen LogP contribution in [-0.4, -0.2) is 43.8 Å². The number of nitrogens with zero attached hydrogens (tertiary/aromatic N) is 2. The standard InChI is InChI=1S/C13H16ClN3O3S/c1-8-9(11(14)17(2)16-8)3-4-10(18)15-13(12(19)20)5-6-21-7-13/h3-4H,5-7H2,1-2H3,(H,15,18)(H,19,20). The molecule has 1 aliphatic heterocycles. The van der Waals surface area contributed by atoms with E-state index in [4.69, 9.17) is 11.6 Å². The van der Waals surface area contributed by atoms with Crippen molar-refractivity contribution in [2.45, 2.75) is 18.9 Å². The first-order valence-electron chi connectivity index (χ1n) is 6.36. The average molecular weight is 330 g/mol. The number of carboxylic acids is 1. The van der Waals surface area contributed by atoms with E-state index in [0.29, 0.717) is 28.6 Å². The summed E-state index contributed by atoms with van der Waals surface area (Å²) < 4.78 is 1.51. The molecule has 0 aromatic carbocycles. The highest BCUT2D eigenvalue weighted by molar-refractivity contribution is 7.99. The fourth-order valence-corrected chi connectivity index (χ4v) is 3.72. The molecular weight excluding hydrogens is 314 g/mol. The minimum atomic E-state index is -1.17. The molecule has 8 heteroatoms. The number of aryl methyl sites for hydroxylation is 2. The number of nitrogens with one attached hydrogen (secondary N) is 1. The zero-order valence-corrected chi connectivity index (χ0v) is 13.3. The number of aliphatic carboxylic acids is 1. The first-order chi connectivity index (χ1) is 9.85. The van der Waals surface area contributed by atoms with E-state index in [9.17, 15) is 14.7 Å². The second-order valence-electron chi connectivity index (χ2n) is 4.93. The summed E-state index contributed by atoms with van der Waals surface area (Å²) in [7, 11) is 1.71. The van der Waals surface area contributed by atoms with E-state index in [-0.39, 0.29) is 0 Å². The molecule has 2 rings (SSSR count). The van der Waals surface area contributed by atoms with Crippen LogP contribution in [0.1, 0.15) is 17.7 Å². The van der Waals surface area contributed by atoms with Crippen LogP contribution in [0.15, 0.2) is 6.08 Å². The lowest BCUT2D eigenvalue weighted by atomic mass is 9.99. The summed E-state index contributed by atoms with van der Waals surface area (Å²) in [6, 6.07) is 0. The molecule has 1 saturated heterocycles. The lowest BCUT2D eigenvalue weighted by Crippen LogP contribution is -2.54. The van der Waals surface area contributed by atoms with Gasteiger partial charge in [-0.2, -0.15) is 16.9 Å². The van der Waals surface area contributed by atoms with Gasteiger partial charge in [0.15, 0.2) is 0 Å². The van der Waals surface area contributed by atoms with Crippen molar-refractivity contribution in [1.29, 1.82) is 0 Å². The second kappa shape index (κ2) is 6.11. The van der Waals surface area contributed by atoms with E-state index in [1.54, 1.807) is 20.0 Å². The van der Waals surface area contributed by atoms with Crippen LogP contribution in [0.5, 0.6) is 0 Å². The Morgan fingerprint density at radius 1 is 1.57 bits per heavy atom. The molecule has 1 atom stereocenters. The molecule has 114 valence electrons. The van der Waals surface area contributed by atoms with Gasteiger partial charge in [-0.1, -0.05) is 11.6 Å². The monoisotopic (exact) mass is 329 g/mol. The van der Waals surface area contributed by atoms with Crippen molar-refractivity contribution in [3.63, 3.8) is 0 Å². The van der Waals surface area contributed by atoms with Crippen molar-refractivity contribution >= 4 is 41.3 Å². The van der Waals surface area contributed by atoms with Crippen LogP contribution in [0.25, 0.3) is 6.08 Å². The summed E-state index contributed by atoms with van der Waals surface area (Å²) in [4.78, 5) is 23.3. The van der Waals surface area contributed by atoms with Gasteiger partial charge in [-0.15, -0.1) is 0 Å². The van der Waals surface area contributed by atoms with Gasteiger partial charge in [0.1, 0.15) is 10.7 Å². The van der Waals surface area contributed by atoms with Gasteiger partial charge in [0.05, 0.1) is 5.69 Å². The molecule has 2 N–H and O–H groups in total. The fourth-order valence-electron chi connectivity index (χ4n) is 2.16. The molecule has 1 aromatic rings. The van der Waals surface area contributed by atoms with Crippen molar-refractivity contribution in [3.05, 3.63) is 22.5 Å². The normalized spacial score (nSPS) is 21.9. The third-order valence-corrected chi connectivity index (χ3v) is 5.03. The maximum Gasteiger partial charge on any atom is 0.330 e. The quantitative estimate of drug-likeness (QED) is 0.817. The molecular formula is C13H16ClN3O3S. The first-order valence-corrected chi connectivity index (χ1v) is 7.89. The number of hydrogen-bond acceptors (Lipinski definition) is 4. The van der Waals surface area contributed by atoms with E-state index in [2.05, 4.69) is 10.4 Å². The number of halogens is 1. The number of hydrogen-bond donors (Lipinski definition) is 2. The molecule has 0 radical (unpaired) electrons. The molecule has 1 amide bonds. The highest BCUT2D eigenvalue weighted by atomic mass is 35.5. The predicted molar refractivity (Wildman–Crippen MR) is 82.4 cm³/mol. The highest BCUT2D eigenvalue weighted by Gasteiger charge is 2.42. The summed E-state index contributed by atoms with van der Waals surface area (Å²) in [6.45, 7) is 1.79. The summed E-state index contributed by atoms with van der Waals surface area (Å²) in [6.07, 6.45) is 3.28. The largest absolute Gasteiger partial charge is 0.479 e. The average Bonchev–Trinajstić information content (AvgIpc) is 2.96. The number of amides is 1. The second-order valence-corrected chi connectivity index (χ2v) is 6.39. The minimum absolute atomic E-state index is 0.384. The van der Waals surface area contributed by atoms with Gasteiger partial charge in [-0.3, -0.25) is 9.48 Å². The Morgan fingerprint density at radius 2 is 2.29 bits per heavy atom. The van der Waals surface area contributed by atoms with Gasteiger partial charge >= 0.3 is 5.97 Å². The number of carbonyl (C=O) groups excluding carboxylic acids is 1. The smallest absolute Gasteiger partial charge is 0.330 e. The van der Waals surface area contributed by atoms with Gasteiger partial charge < -0.3 is 10.4 Å². The van der Waals surface area contributed by atoms with Crippen LogP contribution in [0.3, 0.4) is 0 Å². The third-order valence-electron chi connectivity index (χ3n) is 3.39. The fraction of sp³-hybridized carbons (Fsp3) is 0.462. The van der Waals surface area contributed by atoms with E-state index in [1.165, 1.54) is 22.5 Å². The Kier molecular flexibility index (Phi) is 4.63. The predicted octanol–water partition coefficient (Wildman–Crippen LogP) is 1.47. The molecule has 0 spiro atoms. The number of carboxylic acid groups (broad SMARTS) is 1. The van der Waals surface area contributed by atoms with Crippen LogP contribution in [0.4, 0.5) is 0 Å². The zero-order chi connectivity index (χ0) is 15.6. The highest BCUT2D eigenvalue weighted by Crippen LogP contribution is 2.28. The summed E-state index contributed by atoms with van der Waals surface area (Å²) in [5, 5.41) is 16.5. The lowest BCUT2D eigenvalue weighted by molar-refractivity contribution is -0.145. The van der Waals surface area contributed by atoms with Gasteiger partial charge in [-0.25, -0.2) is 4.79 Å². The minimum Gasteiger partial charge on any atom is -0.479 e. The van der Waals surface area contributed by atoms with Crippen molar-refractivity contribution in [3.8, 4) is 0 Å². The van der Waals surface area contributed by atoms with Crippen molar-refractivity contribution in [1.82, 2.24) is 15.1 Å². The number of thioether (sulfide) groups is 1. The number of rotatable bonds is 4. The summed E-state index contributed by atoms with van der Waals surface area (Å²) in [5.41, 5.74) is 0.190. The van der Waals surface area contributed by atoms with Gasteiger partial charge in [0, 0.05) is 24.4 Å². The van der Waals surface area contributed by atoms with E-state index in [0.717, 1.165) is 5.75 Å². The number of aromatic nitrogens is 2. The van der Waals surface area contributed by atoms with Gasteiger partial charge in [0.25, 0.3) is 0 Å². The van der Waals surface area contributed by atoms with Gasteiger partial charge in [0.2, 0.25) is 5.91 Å². The van der Waals surface area contributed by atoms with E-state index >= 15 is 0 Å². The Labute approximate surface area is 131 Å². The molecule has 1 aliphatic rings. The molecule has 1 fully saturated rings. The van der Waals surface area contributed by atoms with Crippen molar-refractivity contribution in [2.24, 2.45) is 7.05 Å². The Bertz CT molecular complexity index is 606. The van der Waals surface area contributed by atoms with Crippen LogP contribution < -0.4 is 5.32 Å². The van der Waals surface area contributed by atoms with Crippen LogP contribution in [0.2, 0.25) is 5.15 Å². The molecule has 0 aliphatic carbocycles. The third kappa shape index (κ3) is 3.24. The maximum atomic E-state index is 12.0. The molecule has 0 bridgehead atoms. The van der Waals surface area contributed by atoms with Crippen LogP contribution in [-0.2, 0) is 16.6 Å². The molecule has 2 heterocycles. The first kappa shape index (κ1) is 15.9. The molecule has 0 saturated carbocycles. The van der Waals surface area contributed by atoms with Crippen LogP contribution in [0, 0.1) is 6.92 Å². The van der Waals surface area contributed by atoms with Crippen molar-refractivity contribution < 1.29 is 14.7 Å². The van der Waals surface area contributed by atoms with E-state index < -0.39 is 17.4 Å². The SMILES string of the molecule is Cc1nn(C)c(Cl)c1C=CC(=O)NC1(C(=O)O)CCSC1. The van der Waals surface area contributed by atoms with Gasteiger partial charge in [-0.05, 0) is 25.2 Å². The summed E-state index contributed by atoms with van der Waals surface area (Å²) >= 11 is 7.59. The summed E-state index contributed by atoms with van der Waals surface area (Å²) in [5.74, 6) is -0.331. The molecule has 1 unspecified atom stereocenters. The zero-order valence-electron chi connectivity index (χ0n) is 11.7. The Hall–Kier alpha value is -1.47. The molecule has 1 aromatic heterocycles. The Morgan fingerprint density at radius 3 is 2.76 bits per heavy atom. The van der Waals surface area contributed by atoms with Crippen molar-refractivity contribution in [2.75, 3.05) is 11.5 Å². The lowest BCUT2D eigenvalue weighted by Gasteiger charge is -2.23. The topological polar surface area (TPSA) is 84.2 Å². The molecule has 21 heavy (non-hydrogen) atoms.